The Morgan fingerprint density at radius 2 is 1.66 bits per heavy atom. The fraction of sp³-hybridized carbons (Fsp3) is 0.462. The van der Waals surface area contributed by atoms with E-state index < -0.39 is 19.4 Å². The second kappa shape index (κ2) is 8.29. The fourth-order valence-corrected chi connectivity index (χ4v) is 10.6. The van der Waals surface area contributed by atoms with E-state index in [4.69, 9.17) is 17.0 Å². The molecule has 0 saturated heterocycles. The Morgan fingerprint density at radius 1 is 1.00 bits per heavy atom. The zero-order valence-corrected chi connectivity index (χ0v) is 22.0. The predicted molar refractivity (Wildman–Crippen MR) is 124 cm³/mol. The van der Waals surface area contributed by atoms with Crippen LogP contribution in [0, 0.1) is 5.41 Å². The van der Waals surface area contributed by atoms with Crippen molar-refractivity contribution in [3.63, 3.8) is 0 Å². The first-order chi connectivity index (χ1) is 13.7. The van der Waals surface area contributed by atoms with Crippen LogP contribution in [0.3, 0.4) is 0 Å². The molecule has 0 radical (unpaired) electrons. The summed E-state index contributed by atoms with van der Waals surface area (Å²) in [5.74, 6) is 0. The van der Waals surface area contributed by atoms with Gasteiger partial charge in [-0.2, -0.15) is 0 Å². The Morgan fingerprint density at radius 3 is 2.24 bits per heavy atom. The van der Waals surface area contributed by atoms with Crippen molar-refractivity contribution < 1.29 is 19.4 Å². The molecule has 153 valence electrons. The van der Waals surface area contributed by atoms with Crippen molar-refractivity contribution in [3.05, 3.63) is 64.7 Å². The quantitative estimate of drug-likeness (QED) is 0.389. The maximum absolute atomic E-state index is 6.73. The number of hydrogen-bond donors (Lipinski definition) is 0. The van der Waals surface area contributed by atoms with E-state index in [9.17, 15) is 0 Å². The van der Waals surface area contributed by atoms with Crippen LogP contribution in [0.15, 0.2) is 48.0 Å². The van der Waals surface area contributed by atoms with Crippen molar-refractivity contribution in [2.75, 3.05) is 0 Å². The molecule has 2 aliphatic carbocycles. The minimum atomic E-state index is -2.49. The average Bonchev–Trinajstić information content (AvgIpc) is 3.24. The summed E-state index contributed by atoms with van der Waals surface area (Å²) in [5, 5.41) is 0. The molecule has 3 heteroatoms. The molecule has 1 atom stereocenters. The monoisotopic (exact) mass is 503 g/mol. The second-order valence-corrected chi connectivity index (χ2v) is 19.1. The summed E-state index contributed by atoms with van der Waals surface area (Å²) >= 11 is -2.49. The summed E-state index contributed by atoms with van der Waals surface area (Å²) in [6, 6.07) is 15.8. The summed E-state index contributed by atoms with van der Waals surface area (Å²) in [6.45, 7) is 9.25. The van der Waals surface area contributed by atoms with Gasteiger partial charge < -0.3 is 0 Å². The number of allylic oxidation sites excluding steroid dienone is 1. The minimum absolute atomic E-state index is 0.171. The van der Waals surface area contributed by atoms with Gasteiger partial charge in [0.2, 0.25) is 0 Å². The molecule has 2 aromatic carbocycles. The first-order valence-corrected chi connectivity index (χ1v) is 18.6. The molecule has 0 aliphatic heterocycles. The molecule has 0 aromatic heterocycles. The summed E-state index contributed by atoms with van der Waals surface area (Å²) < 4.78 is 0.307. The number of fused-ring (bicyclic) bond motifs is 1. The molecule has 4 rings (SSSR count). The van der Waals surface area contributed by atoms with Crippen LogP contribution in [0.1, 0.15) is 80.1 Å². The van der Waals surface area contributed by atoms with E-state index >= 15 is 0 Å². The van der Waals surface area contributed by atoms with E-state index in [1.807, 2.05) is 0 Å². The fourth-order valence-electron chi connectivity index (χ4n) is 5.17. The molecule has 0 spiro atoms. The number of benzene rings is 2. The van der Waals surface area contributed by atoms with Crippen LogP contribution in [0.2, 0.25) is 0 Å². The van der Waals surface area contributed by atoms with Gasteiger partial charge in [-0.1, -0.05) is 0 Å². The van der Waals surface area contributed by atoms with Crippen LogP contribution in [0.4, 0.5) is 0 Å². The number of hydrogen-bond acceptors (Lipinski definition) is 0. The molecule has 0 nitrogen and oxygen atoms in total. The van der Waals surface area contributed by atoms with Crippen molar-refractivity contribution in [1.82, 2.24) is 0 Å². The third-order valence-corrected chi connectivity index (χ3v) is 12.2. The van der Waals surface area contributed by atoms with Gasteiger partial charge in [0.1, 0.15) is 0 Å². The molecular formula is C26H31Cl2Zr. The summed E-state index contributed by atoms with van der Waals surface area (Å²) in [6.07, 6.45) is 8.98. The SMILES string of the molecule is CC1(CC2=Cc3c(-c4ccc(C(C)(C)C)cc4)cccc3[CH]2[Zr]([Cl])[Cl])CCCC1. The molecule has 2 aromatic rings. The van der Waals surface area contributed by atoms with Gasteiger partial charge in [-0.25, -0.2) is 0 Å². The van der Waals surface area contributed by atoms with Crippen molar-refractivity contribution in [1.29, 1.82) is 0 Å². The van der Waals surface area contributed by atoms with Gasteiger partial charge >= 0.3 is 193 Å². The predicted octanol–water partition coefficient (Wildman–Crippen LogP) is 8.99. The molecule has 0 N–H and O–H groups in total. The van der Waals surface area contributed by atoms with Crippen molar-refractivity contribution in [2.45, 2.75) is 68.8 Å². The molecule has 29 heavy (non-hydrogen) atoms. The molecular weight excluding hydrogens is 474 g/mol. The van der Waals surface area contributed by atoms with Gasteiger partial charge in [-0.3, -0.25) is 0 Å². The van der Waals surface area contributed by atoms with Crippen LogP contribution in [-0.4, -0.2) is 0 Å². The van der Waals surface area contributed by atoms with Gasteiger partial charge in [0, 0.05) is 0 Å². The Labute approximate surface area is 191 Å². The molecule has 0 amide bonds. The Bertz CT molecular complexity index is 913. The average molecular weight is 506 g/mol. The van der Waals surface area contributed by atoms with E-state index in [0.29, 0.717) is 9.04 Å². The molecule has 1 fully saturated rings. The maximum atomic E-state index is 6.73. The standard InChI is InChI=1S/C26H31.2ClH.Zr/c1-25(2,3)22-12-10-20(11-13-22)23-9-7-8-21-16-19(17-24(21)23)18-26(4)14-5-6-15-26;;;/h7-13,16-17H,5-6,14-15,18H2,1-4H3;2*1H;/q;;;+2/p-2. The van der Waals surface area contributed by atoms with Crippen LogP contribution >= 0.6 is 17.0 Å². The number of rotatable bonds is 4. The summed E-state index contributed by atoms with van der Waals surface area (Å²) in [7, 11) is 13.5. The Kier molecular flexibility index (Phi) is 6.25. The van der Waals surface area contributed by atoms with Gasteiger partial charge in [0.25, 0.3) is 0 Å². The first-order valence-electron chi connectivity index (χ1n) is 10.8. The van der Waals surface area contributed by atoms with Crippen LogP contribution < -0.4 is 0 Å². The summed E-state index contributed by atoms with van der Waals surface area (Å²) in [4.78, 5) is 0. The molecule has 2 aliphatic rings. The van der Waals surface area contributed by atoms with Crippen LogP contribution in [-0.2, 0) is 24.8 Å². The summed E-state index contributed by atoms with van der Waals surface area (Å²) in [5.41, 5.74) is 8.80. The van der Waals surface area contributed by atoms with E-state index in [2.05, 4.69) is 76.2 Å². The van der Waals surface area contributed by atoms with Crippen LogP contribution in [0.25, 0.3) is 17.2 Å². The van der Waals surface area contributed by atoms with Gasteiger partial charge in [-0.15, -0.1) is 0 Å². The molecule has 0 heterocycles. The molecule has 1 unspecified atom stereocenters. The van der Waals surface area contributed by atoms with E-state index in [0.717, 1.165) is 6.42 Å². The zero-order valence-electron chi connectivity index (χ0n) is 18.0. The topological polar surface area (TPSA) is 0 Å². The zero-order chi connectivity index (χ0) is 20.8. The Balaban J connectivity index is 1.73. The normalized spacial score (nSPS) is 20.5. The van der Waals surface area contributed by atoms with E-state index in [1.165, 1.54) is 59.1 Å². The van der Waals surface area contributed by atoms with E-state index in [1.54, 1.807) is 0 Å². The van der Waals surface area contributed by atoms with Crippen molar-refractivity contribution >= 4 is 23.1 Å². The van der Waals surface area contributed by atoms with E-state index in [-0.39, 0.29) is 5.41 Å². The second-order valence-electron chi connectivity index (χ2n) is 10.3. The van der Waals surface area contributed by atoms with Gasteiger partial charge in [0.05, 0.1) is 0 Å². The molecule has 0 bridgehead atoms. The van der Waals surface area contributed by atoms with Crippen LogP contribution in [0.5, 0.6) is 0 Å². The van der Waals surface area contributed by atoms with Crippen molar-refractivity contribution in [2.24, 2.45) is 5.41 Å². The van der Waals surface area contributed by atoms with Gasteiger partial charge in [-0.05, 0) is 0 Å². The third kappa shape index (κ3) is 4.49. The third-order valence-electron chi connectivity index (χ3n) is 6.87. The Hall–Kier alpha value is -0.357. The van der Waals surface area contributed by atoms with Crippen molar-refractivity contribution in [3.8, 4) is 11.1 Å². The molecule has 1 saturated carbocycles. The van der Waals surface area contributed by atoms with Gasteiger partial charge in [0.15, 0.2) is 0 Å². The first kappa shape index (κ1) is 21.9. The number of halogens is 2.